The Kier molecular flexibility index (Phi) is 6.22. The van der Waals surface area contributed by atoms with E-state index in [-0.39, 0.29) is 35.8 Å². The second-order valence-corrected chi connectivity index (χ2v) is 11.3. The zero-order chi connectivity index (χ0) is 29.1. The van der Waals surface area contributed by atoms with Gasteiger partial charge in [-0.25, -0.2) is 0 Å². The van der Waals surface area contributed by atoms with Crippen LogP contribution in [0.25, 0.3) is 0 Å². The number of fused-ring (bicyclic) bond motifs is 4. The van der Waals surface area contributed by atoms with E-state index in [0.717, 1.165) is 5.57 Å². The number of carbonyl (C=O) groups is 4. The number of carbonyl (C=O) groups excluding carboxylic acids is 4. The van der Waals surface area contributed by atoms with Gasteiger partial charge in [0.1, 0.15) is 0 Å². The number of allylic oxidation sites excluding steroid dienone is 2. The Hall–Kier alpha value is -4.72. The van der Waals surface area contributed by atoms with Crippen LogP contribution in [0.1, 0.15) is 31.2 Å². The van der Waals surface area contributed by atoms with Gasteiger partial charge in [0.05, 0.1) is 41.7 Å². The van der Waals surface area contributed by atoms with E-state index in [2.05, 4.69) is 0 Å². The first kappa shape index (κ1) is 26.2. The molecule has 2 heterocycles. The summed E-state index contributed by atoms with van der Waals surface area (Å²) in [6, 6.07) is 22.9. The quantitative estimate of drug-likeness (QED) is 0.353. The van der Waals surface area contributed by atoms with Gasteiger partial charge in [-0.1, -0.05) is 60.2 Å². The third-order valence-electron chi connectivity index (χ3n) is 9.34. The van der Waals surface area contributed by atoms with Crippen molar-refractivity contribution in [2.45, 2.75) is 25.7 Å². The van der Waals surface area contributed by atoms with Crippen molar-refractivity contribution < 1.29 is 29.0 Å². The van der Waals surface area contributed by atoms with Crippen molar-refractivity contribution in [3.63, 3.8) is 0 Å². The minimum absolute atomic E-state index is 0.0788. The van der Waals surface area contributed by atoms with Crippen LogP contribution in [-0.4, -0.2) is 35.3 Å². The molecule has 1 saturated carbocycles. The molecule has 3 aromatic rings. The van der Waals surface area contributed by atoms with Crippen LogP contribution in [0.4, 0.5) is 11.4 Å². The average molecular weight is 563 g/mol. The number of imide groups is 2. The van der Waals surface area contributed by atoms with Crippen LogP contribution in [0.2, 0.25) is 0 Å². The molecule has 0 radical (unpaired) electrons. The molecule has 42 heavy (non-hydrogen) atoms. The van der Waals surface area contributed by atoms with Crippen LogP contribution in [-0.2, 0) is 19.2 Å². The van der Waals surface area contributed by atoms with E-state index in [1.807, 2.05) is 25.1 Å². The second kappa shape index (κ2) is 9.98. The van der Waals surface area contributed by atoms with Crippen molar-refractivity contribution in [2.75, 3.05) is 16.4 Å². The number of nitrogens with zero attached hydrogens (tertiary/aromatic N) is 2. The summed E-state index contributed by atoms with van der Waals surface area (Å²) in [5, 5.41) is 11.4. The van der Waals surface area contributed by atoms with E-state index in [1.54, 1.807) is 66.7 Å². The van der Waals surface area contributed by atoms with Gasteiger partial charge < -0.3 is 9.84 Å². The molecule has 0 bridgehead atoms. The molecule has 1 N–H and O–H groups in total. The molecule has 8 nitrogen and oxygen atoms in total. The zero-order valence-electron chi connectivity index (χ0n) is 23.1. The van der Waals surface area contributed by atoms with E-state index >= 15 is 0 Å². The maximum Gasteiger partial charge on any atom is 0.238 e. The highest BCUT2D eigenvalue weighted by Crippen LogP contribution is 2.59. The largest absolute Gasteiger partial charge is 0.504 e. The molecule has 4 aliphatic rings. The highest BCUT2D eigenvalue weighted by Gasteiger charge is 2.62. The van der Waals surface area contributed by atoms with Crippen LogP contribution in [0, 0.1) is 29.6 Å². The topological polar surface area (TPSA) is 104 Å². The lowest BCUT2D eigenvalue weighted by atomic mass is 9.57. The summed E-state index contributed by atoms with van der Waals surface area (Å²) in [5.41, 5.74) is 2.33. The number of phenols is 1. The summed E-state index contributed by atoms with van der Waals surface area (Å²) < 4.78 is 5.68. The van der Waals surface area contributed by atoms with Crippen molar-refractivity contribution in [1.82, 2.24) is 0 Å². The van der Waals surface area contributed by atoms with Crippen molar-refractivity contribution in [3.05, 3.63) is 96.1 Å². The molecule has 212 valence electrons. The molecule has 2 aliphatic heterocycles. The molecule has 6 atom stereocenters. The standard InChI is InChI=1S/C34H30N2O6/c1-2-42-26-15-9-14-22(30(26)37)27-21-16-17-23-28(33(40)35(31(23)38)19-10-5-3-6-11-19)24(21)18-25-29(27)34(41)36(32(25)39)20-12-7-4-8-13-20/h3-16,23-25,27-29,37H,2,17-18H2,1H3. The maximum absolute atomic E-state index is 14.1. The Morgan fingerprint density at radius 3 is 1.93 bits per heavy atom. The van der Waals surface area contributed by atoms with Crippen molar-refractivity contribution in [1.29, 1.82) is 0 Å². The molecule has 6 unspecified atom stereocenters. The van der Waals surface area contributed by atoms with E-state index < -0.39 is 35.5 Å². The summed E-state index contributed by atoms with van der Waals surface area (Å²) >= 11 is 0. The number of anilines is 2. The molecule has 3 aromatic carbocycles. The fourth-order valence-corrected chi connectivity index (χ4v) is 7.66. The van der Waals surface area contributed by atoms with E-state index in [1.165, 1.54) is 9.80 Å². The molecule has 2 aliphatic carbocycles. The average Bonchev–Trinajstić information content (AvgIpc) is 3.42. The highest BCUT2D eigenvalue weighted by atomic mass is 16.5. The Morgan fingerprint density at radius 1 is 0.714 bits per heavy atom. The maximum atomic E-state index is 14.1. The van der Waals surface area contributed by atoms with Crippen LogP contribution in [0.3, 0.4) is 0 Å². The number of para-hydroxylation sites is 3. The number of ether oxygens (including phenoxy) is 1. The van der Waals surface area contributed by atoms with Crippen LogP contribution >= 0.6 is 0 Å². The molecule has 3 fully saturated rings. The highest BCUT2D eigenvalue weighted by molar-refractivity contribution is 6.24. The summed E-state index contributed by atoms with van der Waals surface area (Å²) in [4.78, 5) is 58.3. The predicted octanol–water partition coefficient (Wildman–Crippen LogP) is 4.84. The second-order valence-electron chi connectivity index (χ2n) is 11.3. The van der Waals surface area contributed by atoms with Gasteiger partial charge in [-0.3, -0.25) is 29.0 Å². The normalized spacial score (nSPS) is 28.4. The third-order valence-corrected chi connectivity index (χ3v) is 9.34. The van der Waals surface area contributed by atoms with E-state index in [4.69, 9.17) is 4.74 Å². The summed E-state index contributed by atoms with van der Waals surface area (Å²) in [5.74, 6) is -4.76. The number of phenolic OH excluding ortho intramolecular Hbond substituents is 1. The van der Waals surface area contributed by atoms with Crippen LogP contribution < -0.4 is 14.5 Å². The number of hydrogen-bond acceptors (Lipinski definition) is 6. The van der Waals surface area contributed by atoms with Crippen LogP contribution in [0.5, 0.6) is 11.5 Å². The molecular weight excluding hydrogens is 532 g/mol. The van der Waals surface area contributed by atoms with Gasteiger partial charge in [0, 0.05) is 11.5 Å². The van der Waals surface area contributed by atoms with Gasteiger partial charge in [-0.15, -0.1) is 0 Å². The summed E-state index contributed by atoms with van der Waals surface area (Å²) in [6.07, 6.45) is 2.59. The smallest absolute Gasteiger partial charge is 0.238 e. The number of rotatable bonds is 5. The summed E-state index contributed by atoms with van der Waals surface area (Å²) in [7, 11) is 0. The minimum atomic E-state index is -0.767. The lowest BCUT2D eigenvalue weighted by Gasteiger charge is -2.44. The lowest BCUT2D eigenvalue weighted by Crippen LogP contribution is -2.43. The third kappa shape index (κ3) is 3.74. The minimum Gasteiger partial charge on any atom is -0.504 e. The predicted molar refractivity (Wildman–Crippen MR) is 155 cm³/mol. The first-order valence-electron chi connectivity index (χ1n) is 14.4. The van der Waals surface area contributed by atoms with Crippen molar-refractivity contribution in [3.8, 4) is 11.5 Å². The van der Waals surface area contributed by atoms with Gasteiger partial charge in [-0.2, -0.15) is 0 Å². The zero-order valence-corrected chi connectivity index (χ0v) is 23.1. The Morgan fingerprint density at radius 2 is 1.31 bits per heavy atom. The lowest BCUT2D eigenvalue weighted by molar-refractivity contribution is -0.126. The molecule has 2 saturated heterocycles. The molecule has 0 aromatic heterocycles. The monoisotopic (exact) mass is 562 g/mol. The first-order chi connectivity index (χ1) is 20.4. The van der Waals surface area contributed by atoms with E-state index in [9.17, 15) is 24.3 Å². The van der Waals surface area contributed by atoms with Gasteiger partial charge in [0.15, 0.2) is 11.5 Å². The summed E-state index contributed by atoms with van der Waals surface area (Å²) in [6.45, 7) is 2.16. The van der Waals surface area contributed by atoms with Gasteiger partial charge in [0.2, 0.25) is 23.6 Å². The van der Waals surface area contributed by atoms with Crippen LogP contribution in [0.15, 0.2) is 90.5 Å². The number of hydrogen-bond donors (Lipinski definition) is 1. The number of benzene rings is 3. The fraction of sp³-hybridized carbons (Fsp3) is 0.294. The fourth-order valence-electron chi connectivity index (χ4n) is 7.66. The van der Waals surface area contributed by atoms with Gasteiger partial charge >= 0.3 is 0 Å². The van der Waals surface area contributed by atoms with Gasteiger partial charge in [-0.05, 0) is 56.0 Å². The number of aromatic hydroxyl groups is 1. The van der Waals surface area contributed by atoms with Crippen molar-refractivity contribution >= 4 is 35.0 Å². The molecular formula is C34H30N2O6. The molecule has 4 amide bonds. The molecule has 7 rings (SSSR count). The SMILES string of the molecule is CCOc1cccc(C2C3=CCC4C(=O)N(c5ccccc5)C(=O)C4C3CC3C(=O)N(c4ccccc4)C(=O)C32)c1O. The number of amides is 4. The first-order valence-corrected chi connectivity index (χ1v) is 14.4. The van der Waals surface area contributed by atoms with E-state index in [0.29, 0.717) is 35.7 Å². The Balaban J connectivity index is 1.36. The van der Waals surface area contributed by atoms with Gasteiger partial charge in [0.25, 0.3) is 0 Å². The Labute approximate surface area is 243 Å². The Bertz CT molecular complexity index is 1630. The van der Waals surface area contributed by atoms with Crippen molar-refractivity contribution in [2.24, 2.45) is 29.6 Å². The molecule has 0 spiro atoms. The molecule has 8 heteroatoms.